The van der Waals surface area contributed by atoms with Gasteiger partial charge < -0.3 is 9.80 Å². The molecule has 0 amide bonds. The first-order chi connectivity index (χ1) is 30.5. The fourth-order valence-corrected chi connectivity index (χ4v) is 11.4. The molecule has 0 radical (unpaired) electrons. The Bertz CT molecular complexity index is 3010. The molecule has 0 N–H and O–H groups in total. The van der Waals surface area contributed by atoms with E-state index in [2.05, 4.69) is 250 Å². The van der Waals surface area contributed by atoms with Gasteiger partial charge in [-0.2, -0.15) is 0 Å². The second-order valence-corrected chi connectivity index (χ2v) is 26.8. The van der Waals surface area contributed by atoms with E-state index in [1.807, 2.05) is 11.3 Å². The van der Waals surface area contributed by atoms with Crippen LogP contribution >= 0.6 is 11.3 Å². The SMILES string of the molecule is CC(C)(C)c1ccc(-c2cc(C(C)(C)C)ccc2N2c3ccc(C(C)(C)C)cc3B3c4sc5cc(C(C)(C)C)ccc5c4N(c4ccc(C(C)(C)C)cc4)c4cc(C(C)(C)C)cc2c43)cc1. The maximum absolute atomic E-state index is 2.66. The summed E-state index contributed by atoms with van der Waals surface area (Å²) in [7, 11) is 0. The minimum absolute atomic E-state index is 0.0239. The minimum atomic E-state index is -0.120. The van der Waals surface area contributed by atoms with Crippen LogP contribution in [0, 0.1) is 0 Å². The maximum atomic E-state index is 2.66. The van der Waals surface area contributed by atoms with E-state index in [1.54, 1.807) is 0 Å². The van der Waals surface area contributed by atoms with Crippen LogP contribution in [-0.4, -0.2) is 6.71 Å². The highest BCUT2D eigenvalue weighted by Crippen LogP contribution is 2.51. The van der Waals surface area contributed by atoms with Crippen molar-refractivity contribution in [2.24, 2.45) is 0 Å². The molecule has 2 nitrogen and oxygen atoms in total. The van der Waals surface area contributed by atoms with Crippen molar-refractivity contribution in [2.45, 2.75) is 157 Å². The standard InChI is InChI=1S/C62H73BN2S/c1-57(2,3)39-21-19-38(20-22-39)47-33-41(59(7,8)9)26-31-49(47)65-50-32-27-42(60(10,11)12)34-48(50)63-54-51(35-44(36-52(54)65)62(16,17)18)64(45-28-23-40(24-29-45)58(4,5)6)55-46-30-25-43(61(13,14)15)37-53(46)66-56(55)63/h19-37H,1-18H3. The Morgan fingerprint density at radius 3 is 1.35 bits per heavy atom. The molecule has 0 saturated heterocycles. The number of thiophene rings is 1. The highest BCUT2D eigenvalue weighted by atomic mass is 32.1. The van der Waals surface area contributed by atoms with Crippen molar-refractivity contribution in [1.29, 1.82) is 0 Å². The first-order valence-electron chi connectivity index (χ1n) is 24.4. The summed E-state index contributed by atoms with van der Waals surface area (Å²) in [6.45, 7) is 42.1. The number of rotatable bonds is 3. The highest BCUT2D eigenvalue weighted by Gasteiger charge is 2.47. The van der Waals surface area contributed by atoms with Crippen LogP contribution in [0.1, 0.15) is 158 Å². The molecule has 2 aliphatic heterocycles. The Morgan fingerprint density at radius 1 is 0.379 bits per heavy atom. The average molecular weight is 889 g/mol. The maximum Gasteiger partial charge on any atom is 0.264 e. The quantitative estimate of drug-likeness (QED) is 0.163. The number of hydrogen-bond acceptors (Lipinski definition) is 3. The van der Waals surface area contributed by atoms with Crippen molar-refractivity contribution in [1.82, 2.24) is 0 Å². The Kier molecular flexibility index (Phi) is 10.6. The van der Waals surface area contributed by atoms with Crippen LogP contribution in [-0.2, 0) is 32.5 Å². The molecule has 2 aliphatic rings. The van der Waals surface area contributed by atoms with E-state index in [0.29, 0.717) is 0 Å². The Balaban J connectivity index is 1.43. The smallest absolute Gasteiger partial charge is 0.264 e. The van der Waals surface area contributed by atoms with Crippen LogP contribution in [0.5, 0.6) is 0 Å². The first-order valence-corrected chi connectivity index (χ1v) is 25.2. The molecule has 0 unspecified atom stereocenters. The van der Waals surface area contributed by atoms with Crippen LogP contribution in [0.4, 0.5) is 34.1 Å². The van der Waals surface area contributed by atoms with Gasteiger partial charge in [0.15, 0.2) is 0 Å². The molecule has 6 aromatic carbocycles. The van der Waals surface area contributed by atoms with Gasteiger partial charge in [-0.1, -0.05) is 191 Å². The fraction of sp³-hybridized carbons (Fsp3) is 0.387. The molecule has 0 aliphatic carbocycles. The van der Waals surface area contributed by atoms with Gasteiger partial charge in [-0.25, -0.2) is 0 Å². The topological polar surface area (TPSA) is 6.48 Å². The van der Waals surface area contributed by atoms with Crippen molar-refractivity contribution >= 4 is 78.0 Å². The fourth-order valence-electron chi connectivity index (χ4n) is 10.1. The van der Waals surface area contributed by atoms with Crippen LogP contribution in [0.3, 0.4) is 0 Å². The van der Waals surface area contributed by atoms with E-state index < -0.39 is 0 Å². The van der Waals surface area contributed by atoms with Crippen molar-refractivity contribution in [3.63, 3.8) is 0 Å². The first kappa shape index (κ1) is 46.1. The lowest BCUT2D eigenvalue weighted by Gasteiger charge is -2.45. The van der Waals surface area contributed by atoms with E-state index in [4.69, 9.17) is 0 Å². The molecule has 0 fully saturated rings. The van der Waals surface area contributed by atoms with Gasteiger partial charge in [0, 0.05) is 43.2 Å². The van der Waals surface area contributed by atoms with Gasteiger partial charge in [-0.3, -0.25) is 0 Å². The minimum Gasteiger partial charge on any atom is -0.311 e. The third-order valence-corrected chi connectivity index (χ3v) is 15.6. The van der Waals surface area contributed by atoms with Crippen molar-refractivity contribution < 1.29 is 0 Å². The summed E-state index contributed by atoms with van der Waals surface area (Å²) in [4.78, 5) is 5.30. The number of nitrogens with zero attached hydrogens (tertiary/aromatic N) is 2. The van der Waals surface area contributed by atoms with Crippen LogP contribution in [0.25, 0.3) is 21.2 Å². The number of hydrogen-bond donors (Lipinski definition) is 0. The molecule has 7 aromatic rings. The van der Waals surface area contributed by atoms with E-state index in [0.717, 1.165) is 0 Å². The summed E-state index contributed by atoms with van der Waals surface area (Å²) >= 11 is 2.01. The Morgan fingerprint density at radius 2 is 0.818 bits per heavy atom. The summed E-state index contributed by atoms with van der Waals surface area (Å²) in [6, 6.07) is 46.0. The molecule has 9 rings (SSSR count). The van der Waals surface area contributed by atoms with Crippen molar-refractivity contribution in [2.75, 3.05) is 9.80 Å². The molecule has 4 heteroatoms. The van der Waals surface area contributed by atoms with Gasteiger partial charge in [-0.05, 0) is 131 Å². The summed E-state index contributed by atoms with van der Waals surface area (Å²) in [5.74, 6) is 0. The monoisotopic (exact) mass is 889 g/mol. The van der Waals surface area contributed by atoms with Gasteiger partial charge in [-0.15, -0.1) is 11.3 Å². The molecule has 0 atom stereocenters. The molecule has 340 valence electrons. The van der Waals surface area contributed by atoms with Crippen LogP contribution in [0.2, 0.25) is 0 Å². The summed E-state index contributed by atoms with van der Waals surface area (Å²) < 4.78 is 2.77. The zero-order chi connectivity index (χ0) is 47.8. The molecule has 1 aromatic heterocycles. The van der Waals surface area contributed by atoms with E-state index in [-0.39, 0.29) is 39.2 Å². The average Bonchev–Trinajstić information content (AvgIpc) is 3.60. The van der Waals surface area contributed by atoms with Crippen LogP contribution < -0.4 is 25.5 Å². The van der Waals surface area contributed by atoms with Crippen molar-refractivity contribution in [3.05, 3.63) is 149 Å². The summed E-state index contributed by atoms with van der Waals surface area (Å²) in [6.07, 6.45) is 0. The molecule has 0 saturated carbocycles. The molecule has 66 heavy (non-hydrogen) atoms. The van der Waals surface area contributed by atoms with Crippen molar-refractivity contribution in [3.8, 4) is 11.1 Å². The number of fused-ring (bicyclic) bond motifs is 6. The Labute approximate surface area is 402 Å². The number of benzene rings is 6. The zero-order valence-corrected chi connectivity index (χ0v) is 44.2. The van der Waals surface area contributed by atoms with E-state index in [1.165, 1.54) is 104 Å². The number of anilines is 6. The molecule has 0 bridgehead atoms. The molecular weight excluding hydrogens is 816 g/mol. The third-order valence-electron chi connectivity index (χ3n) is 14.4. The molecular formula is C62H73BN2S. The second kappa shape index (κ2) is 15.2. The van der Waals surface area contributed by atoms with E-state index >= 15 is 0 Å². The lowest BCUT2D eigenvalue weighted by atomic mass is 9.36. The van der Waals surface area contributed by atoms with Gasteiger partial charge in [0.2, 0.25) is 0 Å². The lowest BCUT2D eigenvalue weighted by Crippen LogP contribution is -2.60. The lowest BCUT2D eigenvalue weighted by molar-refractivity contribution is 0.589. The summed E-state index contributed by atoms with van der Waals surface area (Å²) in [5.41, 5.74) is 20.8. The second-order valence-electron chi connectivity index (χ2n) is 25.7. The Hall–Kier alpha value is -5.06. The highest BCUT2D eigenvalue weighted by molar-refractivity contribution is 7.33. The zero-order valence-electron chi connectivity index (χ0n) is 43.3. The van der Waals surface area contributed by atoms with E-state index in [9.17, 15) is 0 Å². The summed E-state index contributed by atoms with van der Waals surface area (Å²) in [5, 5.41) is 1.32. The molecule has 3 heterocycles. The predicted octanol–water partition coefficient (Wildman–Crippen LogP) is 16.4. The predicted molar refractivity (Wildman–Crippen MR) is 293 cm³/mol. The van der Waals surface area contributed by atoms with Crippen LogP contribution in [0.15, 0.2) is 115 Å². The van der Waals surface area contributed by atoms with Gasteiger partial charge in [0.05, 0.1) is 11.4 Å². The van der Waals surface area contributed by atoms with Gasteiger partial charge in [0.1, 0.15) is 0 Å². The normalized spacial score (nSPS) is 14.4. The largest absolute Gasteiger partial charge is 0.311 e. The molecule has 0 spiro atoms. The van der Waals surface area contributed by atoms with Gasteiger partial charge >= 0.3 is 0 Å². The third kappa shape index (κ3) is 7.93. The van der Waals surface area contributed by atoms with Gasteiger partial charge in [0.25, 0.3) is 6.71 Å².